The first kappa shape index (κ1) is 14.3. The van der Waals surface area contributed by atoms with Crippen LogP contribution in [0.25, 0.3) is 5.57 Å². The summed E-state index contributed by atoms with van der Waals surface area (Å²) in [6.45, 7) is 9.80. The Morgan fingerprint density at radius 1 is 1.33 bits per heavy atom. The Labute approximate surface area is 110 Å². The van der Waals surface area contributed by atoms with E-state index >= 15 is 0 Å². The number of hydrogen-bond donors (Lipinski definition) is 1. The van der Waals surface area contributed by atoms with Crippen LogP contribution in [0.15, 0.2) is 60.4 Å². The third-order valence-corrected chi connectivity index (χ3v) is 3.04. The van der Waals surface area contributed by atoms with Crippen LogP contribution in [-0.2, 0) is 0 Å². The summed E-state index contributed by atoms with van der Waals surface area (Å²) in [5.74, 6) is 0.636. The highest BCUT2D eigenvalue weighted by Crippen LogP contribution is 2.22. The van der Waals surface area contributed by atoms with Crippen LogP contribution < -0.4 is 0 Å². The Morgan fingerprint density at radius 3 is 2.44 bits per heavy atom. The Morgan fingerprint density at radius 2 is 1.94 bits per heavy atom. The van der Waals surface area contributed by atoms with Gasteiger partial charge < -0.3 is 5.11 Å². The summed E-state index contributed by atoms with van der Waals surface area (Å²) >= 11 is 0. The number of aliphatic hydroxyl groups excluding tert-OH is 1. The molecule has 96 valence electrons. The van der Waals surface area contributed by atoms with Crippen LogP contribution in [0.1, 0.15) is 32.8 Å². The van der Waals surface area contributed by atoms with E-state index in [1.807, 2.05) is 31.2 Å². The molecule has 0 spiro atoms. The molecule has 0 bridgehead atoms. The number of hydrogen-bond acceptors (Lipinski definition) is 1. The summed E-state index contributed by atoms with van der Waals surface area (Å²) < 4.78 is 0. The number of rotatable bonds is 5. The van der Waals surface area contributed by atoms with Gasteiger partial charge in [-0.1, -0.05) is 63.3 Å². The predicted octanol–water partition coefficient (Wildman–Crippen LogP) is 5.13. The lowest BCUT2D eigenvalue weighted by Crippen LogP contribution is -1.91. The molecule has 0 aliphatic rings. The fourth-order valence-corrected chi connectivity index (χ4v) is 1.60. The summed E-state index contributed by atoms with van der Waals surface area (Å²) in [7, 11) is 0. The third-order valence-electron chi connectivity index (χ3n) is 3.04. The smallest absolute Gasteiger partial charge is 0.111 e. The Hall–Kier alpha value is -1.76. The van der Waals surface area contributed by atoms with E-state index in [0.717, 1.165) is 17.6 Å². The Balaban J connectivity index is 3.16. The highest BCUT2D eigenvalue weighted by Gasteiger charge is 2.03. The summed E-state index contributed by atoms with van der Waals surface area (Å²) in [4.78, 5) is 0. The molecule has 0 saturated heterocycles. The largest absolute Gasteiger partial charge is 0.508 e. The minimum absolute atomic E-state index is 0.126. The molecule has 0 radical (unpaired) electrons. The molecule has 0 saturated carbocycles. The molecule has 1 rings (SSSR count). The summed E-state index contributed by atoms with van der Waals surface area (Å²) in [6.07, 6.45) is 5.33. The van der Waals surface area contributed by atoms with Crippen LogP contribution in [0.5, 0.6) is 0 Å². The van der Waals surface area contributed by atoms with Gasteiger partial charge >= 0.3 is 0 Å². The van der Waals surface area contributed by atoms with E-state index < -0.39 is 0 Å². The SMILES string of the molecule is C=C(O)/C(C)=C\C(=C/C(C)CC)c1ccccc1. The Kier molecular flexibility index (Phi) is 5.44. The zero-order valence-electron chi connectivity index (χ0n) is 11.5. The van der Waals surface area contributed by atoms with Crippen molar-refractivity contribution in [2.75, 3.05) is 0 Å². The quantitative estimate of drug-likeness (QED) is 0.560. The first-order valence-corrected chi connectivity index (χ1v) is 6.38. The lowest BCUT2D eigenvalue weighted by molar-refractivity contribution is 0.426. The van der Waals surface area contributed by atoms with Gasteiger partial charge in [0.15, 0.2) is 0 Å². The van der Waals surface area contributed by atoms with Crippen molar-refractivity contribution in [3.05, 3.63) is 66.0 Å². The summed E-state index contributed by atoms with van der Waals surface area (Å²) in [6, 6.07) is 10.2. The molecule has 1 unspecified atom stereocenters. The molecule has 0 amide bonds. The lowest BCUT2D eigenvalue weighted by atomic mass is 9.97. The van der Waals surface area contributed by atoms with Gasteiger partial charge in [-0.05, 0) is 35.6 Å². The summed E-state index contributed by atoms with van der Waals surface area (Å²) in [5, 5.41) is 9.42. The molecule has 0 fully saturated rings. The van der Waals surface area contributed by atoms with E-state index in [-0.39, 0.29) is 5.76 Å². The zero-order valence-corrected chi connectivity index (χ0v) is 11.5. The van der Waals surface area contributed by atoms with Crippen LogP contribution in [-0.4, -0.2) is 5.11 Å². The highest BCUT2D eigenvalue weighted by atomic mass is 16.3. The lowest BCUT2D eigenvalue weighted by Gasteiger charge is -2.09. The molecule has 0 aliphatic heterocycles. The molecular formula is C17H22O. The Bertz CT molecular complexity index is 452. The standard InChI is InChI=1S/C17H22O/c1-5-13(2)11-17(12-14(3)15(4)18)16-9-7-6-8-10-16/h6-13,18H,4-5H2,1-3H3/b14-12-,17-11+. The number of aliphatic hydroxyl groups is 1. The summed E-state index contributed by atoms with van der Waals surface area (Å²) in [5.41, 5.74) is 3.10. The molecule has 1 aromatic rings. The zero-order chi connectivity index (χ0) is 13.5. The van der Waals surface area contributed by atoms with E-state index in [1.54, 1.807) is 0 Å². The van der Waals surface area contributed by atoms with Crippen molar-refractivity contribution in [3.8, 4) is 0 Å². The molecule has 1 nitrogen and oxygen atoms in total. The van der Waals surface area contributed by atoms with Crippen molar-refractivity contribution in [2.24, 2.45) is 5.92 Å². The maximum Gasteiger partial charge on any atom is 0.111 e. The first-order valence-electron chi connectivity index (χ1n) is 6.38. The van der Waals surface area contributed by atoms with Gasteiger partial charge in [0.1, 0.15) is 5.76 Å². The molecule has 0 heterocycles. The van der Waals surface area contributed by atoms with E-state index in [9.17, 15) is 5.11 Å². The normalized spacial score (nSPS) is 14.4. The van der Waals surface area contributed by atoms with Gasteiger partial charge in [0.05, 0.1) is 0 Å². The van der Waals surface area contributed by atoms with Gasteiger partial charge in [-0.25, -0.2) is 0 Å². The minimum atomic E-state index is 0.126. The van der Waals surface area contributed by atoms with Gasteiger partial charge in [0.2, 0.25) is 0 Å². The fraction of sp³-hybridized carbons (Fsp3) is 0.294. The van der Waals surface area contributed by atoms with Crippen molar-refractivity contribution in [3.63, 3.8) is 0 Å². The van der Waals surface area contributed by atoms with E-state index in [4.69, 9.17) is 0 Å². The fourth-order valence-electron chi connectivity index (χ4n) is 1.60. The molecule has 18 heavy (non-hydrogen) atoms. The average molecular weight is 242 g/mol. The van der Waals surface area contributed by atoms with Gasteiger partial charge in [-0.15, -0.1) is 0 Å². The maximum absolute atomic E-state index is 9.42. The number of allylic oxidation sites excluding steroid dienone is 4. The van der Waals surface area contributed by atoms with Crippen molar-refractivity contribution < 1.29 is 5.11 Å². The predicted molar refractivity (Wildman–Crippen MR) is 79.4 cm³/mol. The van der Waals surface area contributed by atoms with Crippen LogP contribution in [0.3, 0.4) is 0 Å². The van der Waals surface area contributed by atoms with Crippen molar-refractivity contribution in [1.82, 2.24) is 0 Å². The monoisotopic (exact) mass is 242 g/mol. The van der Waals surface area contributed by atoms with E-state index in [0.29, 0.717) is 5.92 Å². The van der Waals surface area contributed by atoms with Crippen molar-refractivity contribution >= 4 is 5.57 Å². The van der Waals surface area contributed by atoms with Crippen LogP contribution >= 0.6 is 0 Å². The minimum Gasteiger partial charge on any atom is -0.508 e. The van der Waals surface area contributed by atoms with Gasteiger partial charge in [0, 0.05) is 0 Å². The molecule has 1 N–H and O–H groups in total. The van der Waals surface area contributed by atoms with Gasteiger partial charge in [0.25, 0.3) is 0 Å². The van der Waals surface area contributed by atoms with Crippen LogP contribution in [0.4, 0.5) is 0 Å². The molecular weight excluding hydrogens is 220 g/mol. The average Bonchev–Trinajstić information content (AvgIpc) is 2.38. The topological polar surface area (TPSA) is 20.2 Å². The van der Waals surface area contributed by atoms with Crippen LogP contribution in [0.2, 0.25) is 0 Å². The van der Waals surface area contributed by atoms with E-state index in [2.05, 4.69) is 38.6 Å². The maximum atomic E-state index is 9.42. The molecule has 0 aromatic heterocycles. The molecule has 1 atom stereocenters. The van der Waals surface area contributed by atoms with Gasteiger partial charge in [-0.3, -0.25) is 0 Å². The highest BCUT2D eigenvalue weighted by molar-refractivity contribution is 5.75. The second-order valence-electron chi connectivity index (χ2n) is 4.65. The van der Waals surface area contributed by atoms with Crippen molar-refractivity contribution in [1.29, 1.82) is 0 Å². The second-order valence-corrected chi connectivity index (χ2v) is 4.65. The third kappa shape index (κ3) is 4.25. The van der Waals surface area contributed by atoms with Gasteiger partial charge in [-0.2, -0.15) is 0 Å². The first-order chi connectivity index (χ1) is 8.54. The molecule has 1 aromatic carbocycles. The molecule has 0 aliphatic carbocycles. The van der Waals surface area contributed by atoms with Crippen molar-refractivity contribution in [2.45, 2.75) is 27.2 Å². The van der Waals surface area contributed by atoms with E-state index in [1.165, 1.54) is 5.56 Å². The molecule has 1 heteroatoms. The second kappa shape index (κ2) is 6.85. The number of benzene rings is 1. The van der Waals surface area contributed by atoms with Crippen LogP contribution in [0, 0.1) is 5.92 Å².